The standard InChI is InChI=1S/C24H29BrN4O2/c1-27(20-9-14-28(15-10-20)13-8-18-6-11-26-12-7-18)24(31)19-16-23(30)29(17-19)22-5-3-2-4-21(22)25/h2-7,11-12,19-20H,8-10,13-17H2,1H3/t19-/m1/s1. The largest absolute Gasteiger partial charge is 0.342 e. The van der Waals surface area contributed by atoms with Crippen molar-refractivity contribution in [3.8, 4) is 0 Å². The molecule has 2 aliphatic heterocycles. The predicted octanol–water partition coefficient (Wildman–Crippen LogP) is 3.36. The van der Waals surface area contributed by atoms with Gasteiger partial charge >= 0.3 is 0 Å². The van der Waals surface area contributed by atoms with Crippen LogP contribution in [0.3, 0.4) is 0 Å². The Morgan fingerprint density at radius 1 is 1.16 bits per heavy atom. The average molecular weight is 485 g/mol. The number of hydrogen-bond donors (Lipinski definition) is 0. The zero-order valence-corrected chi connectivity index (χ0v) is 19.5. The molecule has 0 N–H and O–H groups in total. The van der Waals surface area contributed by atoms with Crippen LogP contribution in [-0.4, -0.2) is 65.9 Å². The van der Waals surface area contributed by atoms with Gasteiger partial charge in [0.15, 0.2) is 0 Å². The van der Waals surface area contributed by atoms with Gasteiger partial charge in [-0.3, -0.25) is 14.6 Å². The number of anilines is 1. The summed E-state index contributed by atoms with van der Waals surface area (Å²) in [7, 11) is 1.91. The van der Waals surface area contributed by atoms with Gasteiger partial charge in [-0.05, 0) is 65.0 Å². The maximum absolute atomic E-state index is 13.2. The van der Waals surface area contributed by atoms with Gasteiger partial charge in [0.25, 0.3) is 0 Å². The van der Waals surface area contributed by atoms with Crippen molar-refractivity contribution >= 4 is 33.4 Å². The van der Waals surface area contributed by atoms with E-state index in [0.29, 0.717) is 6.54 Å². The van der Waals surface area contributed by atoms with Gasteiger partial charge in [-0.15, -0.1) is 0 Å². The van der Waals surface area contributed by atoms with E-state index in [1.54, 1.807) is 4.90 Å². The third kappa shape index (κ3) is 5.15. The molecule has 2 aromatic rings. The van der Waals surface area contributed by atoms with Crippen LogP contribution >= 0.6 is 15.9 Å². The van der Waals surface area contributed by atoms with Crippen LogP contribution in [0.1, 0.15) is 24.8 Å². The first-order valence-electron chi connectivity index (χ1n) is 11.0. The normalized spacial score (nSPS) is 20.3. The summed E-state index contributed by atoms with van der Waals surface area (Å²) in [5.74, 6) is -0.156. The number of rotatable bonds is 6. The van der Waals surface area contributed by atoms with Gasteiger partial charge in [-0.2, -0.15) is 0 Å². The lowest BCUT2D eigenvalue weighted by atomic mass is 10.00. The molecule has 0 bridgehead atoms. The van der Waals surface area contributed by atoms with E-state index >= 15 is 0 Å². The average Bonchev–Trinajstić information content (AvgIpc) is 3.19. The molecule has 0 radical (unpaired) electrons. The summed E-state index contributed by atoms with van der Waals surface area (Å²) in [5, 5.41) is 0. The topological polar surface area (TPSA) is 56.8 Å². The van der Waals surface area contributed by atoms with E-state index in [0.717, 1.165) is 49.1 Å². The van der Waals surface area contributed by atoms with Crippen molar-refractivity contribution in [1.82, 2.24) is 14.8 Å². The zero-order valence-electron chi connectivity index (χ0n) is 17.9. The summed E-state index contributed by atoms with van der Waals surface area (Å²) in [6.07, 6.45) is 6.95. The quantitative estimate of drug-likeness (QED) is 0.630. The maximum Gasteiger partial charge on any atom is 0.228 e. The molecular formula is C24H29BrN4O2. The number of hydrogen-bond acceptors (Lipinski definition) is 4. The molecule has 7 heteroatoms. The SMILES string of the molecule is CN(C(=O)[C@@H]1CC(=O)N(c2ccccc2Br)C1)C1CCN(CCc2ccncc2)CC1. The first kappa shape index (κ1) is 22.0. The maximum atomic E-state index is 13.2. The van der Waals surface area contributed by atoms with Crippen molar-refractivity contribution in [1.29, 1.82) is 0 Å². The fraction of sp³-hybridized carbons (Fsp3) is 0.458. The van der Waals surface area contributed by atoms with Crippen LogP contribution in [-0.2, 0) is 16.0 Å². The summed E-state index contributed by atoms with van der Waals surface area (Å²) in [6, 6.07) is 12.1. The summed E-state index contributed by atoms with van der Waals surface area (Å²) < 4.78 is 0.879. The molecule has 2 fully saturated rings. The highest BCUT2D eigenvalue weighted by molar-refractivity contribution is 9.10. The minimum Gasteiger partial charge on any atom is -0.342 e. The Bertz CT molecular complexity index is 915. The number of para-hydroxylation sites is 1. The summed E-state index contributed by atoms with van der Waals surface area (Å²) in [4.78, 5) is 35.9. The van der Waals surface area contributed by atoms with Crippen molar-refractivity contribution in [3.63, 3.8) is 0 Å². The molecule has 0 spiro atoms. The van der Waals surface area contributed by atoms with Crippen LogP contribution < -0.4 is 4.90 Å². The molecule has 4 rings (SSSR count). The van der Waals surface area contributed by atoms with Crippen LogP contribution in [0.2, 0.25) is 0 Å². The number of benzene rings is 1. The van der Waals surface area contributed by atoms with E-state index in [1.807, 2.05) is 48.6 Å². The minimum atomic E-state index is -0.269. The van der Waals surface area contributed by atoms with Crippen molar-refractivity contribution in [2.45, 2.75) is 31.7 Å². The van der Waals surface area contributed by atoms with Gasteiger partial charge in [0, 0.05) is 62.6 Å². The van der Waals surface area contributed by atoms with Gasteiger partial charge < -0.3 is 14.7 Å². The van der Waals surface area contributed by atoms with Gasteiger partial charge in [0.1, 0.15) is 0 Å². The predicted molar refractivity (Wildman–Crippen MR) is 125 cm³/mol. The lowest BCUT2D eigenvalue weighted by Gasteiger charge is -2.37. The van der Waals surface area contributed by atoms with E-state index in [2.05, 4.69) is 37.9 Å². The van der Waals surface area contributed by atoms with E-state index < -0.39 is 0 Å². The van der Waals surface area contributed by atoms with Gasteiger partial charge in [0.2, 0.25) is 11.8 Å². The number of halogens is 1. The zero-order chi connectivity index (χ0) is 21.8. The molecular weight excluding hydrogens is 456 g/mol. The molecule has 1 aromatic carbocycles. The fourth-order valence-corrected chi connectivity index (χ4v) is 5.11. The van der Waals surface area contributed by atoms with Gasteiger partial charge in [-0.1, -0.05) is 12.1 Å². The van der Waals surface area contributed by atoms with Gasteiger partial charge in [-0.25, -0.2) is 0 Å². The highest BCUT2D eigenvalue weighted by Crippen LogP contribution is 2.32. The Morgan fingerprint density at radius 2 is 1.87 bits per heavy atom. The van der Waals surface area contributed by atoms with Crippen molar-refractivity contribution in [2.75, 3.05) is 38.1 Å². The molecule has 3 heterocycles. The second-order valence-electron chi connectivity index (χ2n) is 8.48. The molecule has 0 aliphatic carbocycles. The van der Waals surface area contributed by atoms with Crippen molar-refractivity contribution in [3.05, 3.63) is 58.8 Å². The Kier molecular flexibility index (Phi) is 7.02. The number of piperidine rings is 1. The van der Waals surface area contributed by atoms with Gasteiger partial charge in [0.05, 0.1) is 11.6 Å². The molecule has 2 saturated heterocycles. The third-order valence-electron chi connectivity index (χ3n) is 6.54. The Hall–Kier alpha value is -2.25. The number of amides is 2. The van der Waals surface area contributed by atoms with E-state index in [4.69, 9.17) is 0 Å². The molecule has 1 atom stereocenters. The monoisotopic (exact) mass is 484 g/mol. The lowest BCUT2D eigenvalue weighted by Crippen LogP contribution is -2.48. The molecule has 1 aromatic heterocycles. The second kappa shape index (κ2) is 9.92. The van der Waals surface area contributed by atoms with Crippen LogP contribution in [0.5, 0.6) is 0 Å². The van der Waals surface area contributed by atoms with Crippen LogP contribution in [0.4, 0.5) is 5.69 Å². The van der Waals surface area contributed by atoms with Crippen LogP contribution in [0.25, 0.3) is 0 Å². The number of nitrogens with zero attached hydrogens (tertiary/aromatic N) is 4. The molecule has 2 aliphatic rings. The number of carbonyl (C=O) groups is 2. The van der Waals surface area contributed by atoms with Crippen LogP contribution in [0, 0.1) is 5.92 Å². The minimum absolute atomic E-state index is 0.0181. The van der Waals surface area contributed by atoms with E-state index in [9.17, 15) is 9.59 Å². The second-order valence-corrected chi connectivity index (χ2v) is 9.34. The smallest absolute Gasteiger partial charge is 0.228 e. The Labute approximate surface area is 192 Å². The first-order valence-corrected chi connectivity index (χ1v) is 11.7. The molecule has 6 nitrogen and oxygen atoms in total. The Morgan fingerprint density at radius 3 is 2.58 bits per heavy atom. The lowest BCUT2D eigenvalue weighted by molar-refractivity contribution is -0.137. The number of likely N-dealkylation sites (tertiary alicyclic amines) is 1. The third-order valence-corrected chi connectivity index (χ3v) is 7.21. The molecule has 0 unspecified atom stereocenters. The Balaban J connectivity index is 1.28. The summed E-state index contributed by atoms with van der Waals surface area (Å²) in [6.45, 7) is 3.49. The first-order chi connectivity index (χ1) is 15.0. The highest BCUT2D eigenvalue weighted by atomic mass is 79.9. The number of aromatic nitrogens is 1. The van der Waals surface area contributed by atoms with Crippen molar-refractivity contribution in [2.24, 2.45) is 5.92 Å². The molecule has 0 saturated carbocycles. The van der Waals surface area contributed by atoms with Crippen LogP contribution in [0.15, 0.2) is 53.3 Å². The van der Waals surface area contributed by atoms with Crippen molar-refractivity contribution < 1.29 is 9.59 Å². The summed E-state index contributed by atoms with van der Waals surface area (Å²) >= 11 is 3.52. The summed E-state index contributed by atoms with van der Waals surface area (Å²) in [5.41, 5.74) is 2.15. The fourth-order valence-electron chi connectivity index (χ4n) is 4.61. The molecule has 164 valence electrons. The highest BCUT2D eigenvalue weighted by Gasteiger charge is 2.38. The van der Waals surface area contributed by atoms with E-state index in [1.165, 1.54) is 5.56 Å². The van der Waals surface area contributed by atoms with E-state index in [-0.39, 0.29) is 30.2 Å². The number of pyridine rings is 1. The molecule has 31 heavy (non-hydrogen) atoms. The molecule has 2 amide bonds. The number of carbonyl (C=O) groups excluding carboxylic acids is 2.